The van der Waals surface area contributed by atoms with Crippen LogP contribution in [0.2, 0.25) is 0 Å². The molecule has 0 bridgehead atoms. The molecule has 1 aliphatic rings. The van der Waals surface area contributed by atoms with Crippen LogP contribution < -0.4 is 10.6 Å². The molecule has 1 aliphatic heterocycles. The zero-order chi connectivity index (χ0) is 14.8. The number of β-amino-alcohol motifs (C(OH)–C–C–N with tert-alkyl or cyclic N) is 1. The fraction of sp³-hybridized carbons (Fsp3) is 0.429. The lowest BCUT2D eigenvalue weighted by molar-refractivity contribution is -0.122. The average molecular weight is 292 g/mol. The molecule has 2 atom stereocenters. The number of carbonyl (C=O) groups excluding carboxylic acids is 1. The summed E-state index contributed by atoms with van der Waals surface area (Å²) in [5.41, 5.74) is 1.36. The minimum absolute atomic E-state index is 0.117. The van der Waals surface area contributed by atoms with Crippen molar-refractivity contribution in [2.24, 2.45) is 0 Å². The zero-order valence-electron chi connectivity index (χ0n) is 11.4. The topological polar surface area (TPSA) is 90.0 Å². The minimum Gasteiger partial charge on any atom is -0.392 e. The highest BCUT2D eigenvalue weighted by molar-refractivity contribution is 5.82. The predicted molar refractivity (Wildman–Crippen MR) is 75.2 cm³/mol. The number of halogens is 1. The SMILES string of the molecule is O=C(NCCc1nc2ccc(F)cc2[nH]1)C1CC(O)CN1. The van der Waals surface area contributed by atoms with E-state index in [1.807, 2.05) is 0 Å². The molecule has 6 nitrogen and oxygen atoms in total. The molecule has 1 amide bonds. The number of aliphatic hydroxyl groups excluding tert-OH is 1. The van der Waals surface area contributed by atoms with Gasteiger partial charge in [0.25, 0.3) is 0 Å². The molecule has 1 aromatic heterocycles. The summed E-state index contributed by atoms with van der Waals surface area (Å²) in [4.78, 5) is 19.2. The molecule has 0 saturated carbocycles. The number of hydrogen-bond acceptors (Lipinski definition) is 4. The maximum atomic E-state index is 13.1. The van der Waals surface area contributed by atoms with Crippen molar-refractivity contribution in [3.63, 3.8) is 0 Å². The molecule has 1 fully saturated rings. The van der Waals surface area contributed by atoms with Crippen LogP contribution in [0.25, 0.3) is 11.0 Å². The summed E-state index contributed by atoms with van der Waals surface area (Å²) in [6, 6.07) is 4.05. The van der Waals surface area contributed by atoms with E-state index in [9.17, 15) is 14.3 Å². The van der Waals surface area contributed by atoms with Crippen LogP contribution in [-0.4, -0.2) is 46.2 Å². The molecule has 0 radical (unpaired) electrons. The number of benzene rings is 1. The fourth-order valence-electron chi connectivity index (χ4n) is 2.50. The van der Waals surface area contributed by atoms with Crippen LogP contribution in [0.15, 0.2) is 18.2 Å². The van der Waals surface area contributed by atoms with Crippen LogP contribution in [0.3, 0.4) is 0 Å². The van der Waals surface area contributed by atoms with Gasteiger partial charge in [0.05, 0.1) is 23.2 Å². The van der Waals surface area contributed by atoms with Crippen LogP contribution in [-0.2, 0) is 11.2 Å². The van der Waals surface area contributed by atoms with Crippen LogP contribution in [0.1, 0.15) is 12.2 Å². The molecule has 0 spiro atoms. The summed E-state index contributed by atoms with van der Waals surface area (Å²) in [6.45, 7) is 0.892. The first-order valence-electron chi connectivity index (χ1n) is 6.95. The number of aromatic nitrogens is 2. The maximum Gasteiger partial charge on any atom is 0.237 e. The van der Waals surface area contributed by atoms with Crippen molar-refractivity contribution in [2.75, 3.05) is 13.1 Å². The van der Waals surface area contributed by atoms with Gasteiger partial charge in [-0.3, -0.25) is 4.79 Å². The molecular formula is C14H17FN4O2. The highest BCUT2D eigenvalue weighted by Crippen LogP contribution is 2.13. The highest BCUT2D eigenvalue weighted by atomic mass is 19.1. The highest BCUT2D eigenvalue weighted by Gasteiger charge is 2.27. The van der Waals surface area contributed by atoms with Gasteiger partial charge in [-0.1, -0.05) is 0 Å². The van der Waals surface area contributed by atoms with Gasteiger partial charge in [-0.25, -0.2) is 9.37 Å². The number of imidazole rings is 1. The maximum absolute atomic E-state index is 13.1. The van der Waals surface area contributed by atoms with Gasteiger partial charge in [-0.15, -0.1) is 0 Å². The number of rotatable bonds is 4. The number of nitrogens with one attached hydrogen (secondary N) is 3. The Morgan fingerprint density at radius 1 is 1.52 bits per heavy atom. The molecule has 21 heavy (non-hydrogen) atoms. The van der Waals surface area contributed by atoms with Crippen LogP contribution in [0.5, 0.6) is 0 Å². The smallest absolute Gasteiger partial charge is 0.237 e. The Bertz CT molecular complexity index is 657. The Morgan fingerprint density at radius 2 is 2.38 bits per heavy atom. The Morgan fingerprint density at radius 3 is 3.14 bits per heavy atom. The quantitative estimate of drug-likeness (QED) is 0.642. The lowest BCUT2D eigenvalue weighted by Crippen LogP contribution is -2.41. The Balaban J connectivity index is 1.53. The molecule has 0 aliphatic carbocycles. The first-order valence-corrected chi connectivity index (χ1v) is 6.95. The second-order valence-electron chi connectivity index (χ2n) is 5.24. The van der Waals surface area contributed by atoms with E-state index in [0.29, 0.717) is 42.8 Å². The Labute approximate surface area is 120 Å². The van der Waals surface area contributed by atoms with E-state index in [1.165, 1.54) is 12.1 Å². The molecule has 4 N–H and O–H groups in total. The Kier molecular flexibility index (Phi) is 3.85. The monoisotopic (exact) mass is 292 g/mol. The summed E-state index contributed by atoms with van der Waals surface area (Å²) in [6.07, 6.45) is 0.526. The minimum atomic E-state index is -0.453. The van der Waals surface area contributed by atoms with Crippen LogP contribution in [0.4, 0.5) is 4.39 Å². The van der Waals surface area contributed by atoms with E-state index >= 15 is 0 Å². The van der Waals surface area contributed by atoms with Gasteiger partial charge < -0.3 is 20.7 Å². The van der Waals surface area contributed by atoms with E-state index in [4.69, 9.17) is 0 Å². The lowest BCUT2D eigenvalue weighted by atomic mass is 10.2. The van der Waals surface area contributed by atoms with E-state index in [2.05, 4.69) is 20.6 Å². The van der Waals surface area contributed by atoms with Gasteiger partial charge in [-0.2, -0.15) is 0 Å². The zero-order valence-corrected chi connectivity index (χ0v) is 11.4. The number of fused-ring (bicyclic) bond motifs is 1. The average Bonchev–Trinajstić information content (AvgIpc) is 3.04. The largest absolute Gasteiger partial charge is 0.392 e. The number of H-pyrrole nitrogens is 1. The van der Waals surface area contributed by atoms with Crippen LogP contribution in [0, 0.1) is 5.82 Å². The van der Waals surface area contributed by atoms with Crippen molar-refractivity contribution in [3.8, 4) is 0 Å². The molecule has 7 heteroatoms. The molecule has 112 valence electrons. The van der Waals surface area contributed by atoms with E-state index in [1.54, 1.807) is 6.07 Å². The van der Waals surface area contributed by atoms with Gasteiger partial charge in [0.2, 0.25) is 5.91 Å². The van der Waals surface area contributed by atoms with E-state index < -0.39 is 6.10 Å². The first kappa shape index (κ1) is 14.0. The second kappa shape index (κ2) is 5.79. The van der Waals surface area contributed by atoms with Gasteiger partial charge in [-0.05, 0) is 24.6 Å². The summed E-state index contributed by atoms with van der Waals surface area (Å²) in [5, 5.41) is 15.1. The van der Waals surface area contributed by atoms with Crippen molar-refractivity contribution in [1.82, 2.24) is 20.6 Å². The third kappa shape index (κ3) is 3.20. The molecule has 2 aromatic rings. The number of nitrogens with zero attached hydrogens (tertiary/aromatic N) is 1. The number of carbonyl (C=O) groups is 1. The fourth-order valence-corrected chi connectivity index (χ4v) is 2.50. The summed E-state index contributed by atoms with van der Waals surface area (Å²) in [5.74, 6) is 0.279. The first-order chi connectivity index (χ1) is 10.1. The van der Waals surface area contributed by atoms with Crippen LogP contribution >= 0.6 is 0 Å². The molecule has 2 unspecified atom stereocenters. The van der Waals surface area contributed by atoms with Crippen molar-refractivity contribution in [1.29, 1.82) is 0 Å². The molecule has 2 heterocycles. The van der Waals surface area contributed by atoms with Crippen molar-refractivity contribution >= 4 is 16.9 Å². The van der Waals surface area contributed by atoms with Crippen molar-refractivity contribution < 1.29 is 14.3 Å². The standard InChI is InChI=1S/C14H17FN4O2/c15-8-1-2-10-11(5-8)19-13(18-10)3-4-16-14(21)12-6-9(20)7-17-12/h1-2,5,9,12,17,20H,3-4,6-7H2,(H,16,21)(H,18,19). The number of aromatic amines is 1. The third-order valence-electron chi connectivity index (χ3n) is 3.58. The number of amides is 1. The normalized spacial score (nSPS) is 21.8. The van der Waals surface area contributed by atoms with Crippen molar-refractivity contribution in [3.05, 3.63) is 29.8 Å². The van der Waals surface area contributed by atoms with Gasteiger partial charge >= 0.3 is 0 Å². The van der Waals surface area contributed by atoms with Gasteiger partial charge in [0.15, 0.2) is 0 Å². The van der Waals surface area contributed by atoms with Gasteiger partial charge in [0.1, 0.15) is 11.6 Å². The van der Waals surface area contributed by atoms with Gasteiger partial charge in [0, 0.05) is 19.5 Å². The Hall–Kier alpha value is -1.99. The molecule has 1 aromatic carbocycles. The molecule has 3 rings (SSSR count). The molecular weight excluding hydrogens is 275 g/mol. The predicted octanol–water partition coefficient (Wildman–Crippen LogP) is 0.0835. The van der Waals surface area contributed by atoms with E-state index in [0.717, 1.165) is 0 Å². The summed E-state index contributed by atoms with van der Waals surface area (Å²) >= 11 is 0. The van der Waals surface area contributed by atoms with Crippen molar-refractivity contribution in [2.45, 2.75) is 25.0 Å². The number of hydrogen-bond donors (Lipinski definition) is 4. The summed E-state index contributed by atoms with van der Waals surface area (Å²) in [7, 11) is 0. The lowest BCUT2D eigenvalue weighted by Gasteiger charge is -2.10. The number of aliphatic hydroxyl groups is 1. The van der Waals surface area contributed by atoms with E-state index in [-0.39, 0.29) is 17.8 Å². The molecule has 1 saturated heterocycles. The summed E-state index contributed by atoms with van der Waals surface area (Å²) < 4.78 is 13.1. The second-order valence-corrected chi connectivity index (χ2v) is 5.24. The third-order valence-corrected chi connectivity index (χ3v) is 3.58.